The second-order valence-electron chi connectivity index (χ2n) is 4.76. The van der Waals surface area contributed by atoms with E-state index < -0.39 is 0 Å². The van der Waals surface area contributed by atoms with Crippen LogP contribution < -0.4 is 5.73 Å². The second-order valence-corrected chi connectivity index (χ2v) is 6.05. The van der Waals surface area contributed by atoms with E-state index in [-0.39, 0.29) is 6.04 Å². The third-order valence-corrected chi connectivity index (χ3v) is 4.48. The molecule has 0 radical (unpaired) electrons. The predicted octanol–water partition coefficient (Wildman–Crippen LogP) is 2.35. The first-order valence-corrected chi connectivity index (χ1v) is 7.36. The topological polar surface area (TPSA) is 32.5 Å². The van der Waals surface area contributed by atoms with Crippen molar-refractivity contribution in [2.75, 3.05) is 39.8 Å². The summed E-state index contributed by atoms with van der Waals surface area (Å²) < 4.78 is 1.08. The van der Waals surface area contributed by atoms with E-state index in [0.717, 1.165) is 35.7 Å². The molecule has 18 heavy (non-hydrogen) atoms. The highest BCUT2D eigenvalue weighted by Gasteiger charge is 2.24. The zero-order valence-electron chi connectivity index (χ0n) is 10.6. The van der Waals surface area contributed by atoms with Gasteiger partial charge in [-0.15, -0.1) is 0 Å². The van der Waals surface area contributed by atoms with Crippen LogP contribution in [0, 0.1) is 0 Å². The fourth-order valence-electron chi connectivity index (χ4n) is 2.38. The maximum absolute atomic E-state index is 6.09. The van der Waals surface area contributed by atoms with Gasteiger partial charge in [0.2, 0.25) is 0 Å². The van der Waals surface area contributed by atoms with Gasteiger partial charge in [0.05, 0.1) is 0 Å². The molecule has 1 aromatic carbocycles. The van der Waals surface area contributed by atoms with Crippen LogP contribution in [0.5, 0.6) is 0 Å². The average Bonchev–Trinajstić information content (AvgIpc) is 2.37. The molecule has 0 aliphatic carbocycles. The summed E-state index contributed by atoms with van der Waals surface area (Å²) in [5.41, 5.74) is 7.16. The Morgan fingerprint density at radius 2 is 2.00 bits per heavy atom. The molecule has 1 aliphatic heterocycles. The number of halogens is 2. The van der Waals surface area contributed by atoms with Crippen LogP contribution in [0.3, 0.4) is 0 Å². The molecule has 0 saturated carbocycles. The van der Waals surface area contributed by atoms with E-state index >= 15 is 0 Å². The molecule has 1 aromatic rings. The number of hydrogen-bond donors (Lipinski definition) is 1. The number of hydrogen-bond acceptors (Lipinski definition) is 3. The van der Waals surface area contributed by atoms with Crippen molar-refractivity contribution in [3.05, 3.63) is 33.3 Å². The molecule has 1 unspecified atom stereocenters. The molecule has 0 spiro atoms. The van der Waals surface area contributed by atoms with Gasteiger partial charge in [-0.3, -0.25) is 4.90 Å². The second kappa shape index (κ2) is 6.35. The Bertz CT molecular complexity index is 405. The lowest BCUT2D eigenvalue weighted by Crippen LogP contribution is -2.47. The van der Waals surface area contributed by atoms with E-state index in [1.54, 1.807) is 0 Å². The summed E-state index contributed by atoms with van der Waals surface area (Å²) in [6, 6.07) is 6.15. The predicted molar refractivity (Wildman–Crippen MR) is 80.0 cm³/mol. The van der Waals surface area contributed by atoms with Gasteiger partial charge in [-0.25, -0.2) is 0 Å². The van der Waals surface area contributed by atoms with E-state index in [0.29, 0.717) is 6.54 Å². The van der Waals surface area contributed by atoms with Crippen molar-refractivity contribution in [2.24, 2.45) is 5.73 Å². The summed E-state index contributed by atoms with van der Waals surface area (Å²) in [5, 5.41) is 0.765. The molecule has 2 rings (SSSR count). The van der Waals surface area contributed by atoms with Crippen LogP contribution in [-0.2, 0) is 0 Å². The van der Waals surface area contributed by atoms with Crippen molar-refractivity contribution in [3.63, 3.8) is 0 Å². The summed E-state index contributed by atoms with van der Waals surface area (Å²) in [4.78, 5) is 4.79. The van der Waals surface area contributed by atoms with E-state index in [9.17, 15) is 0 Å². The van der Waals surface area contributed by atoms with Gasteiger partial charge < -0.3 is 10.6 Å². The molecule has 100 valence electrons. The quantitative estimate of drug-likeness (QED) is 0.922. The third kappa shape index (κ3) is 3.25. The Morgan fingerprint density at radius 3 is 2.61 bits per heavy atom. The molecule has 1 saturated heterocycles. The number of rotatable bonds is 3. The first kappa shape index (κ1) is 14.3. The van der Waals surface area contributed by atoms with Crippen LogP contribution in [-0.4, -0.2) is 49.6 Å². The van der Waals surface area contributed by atoms with Gasteiger partial charge >= 0.3 is 0 Å². The normalized spacial score (nSPS) is 20.0. The van der Waals surface area contributed by atoms with E-state index in [1.165, 1.54) is 5.56 Å². The molecule has 0 amide bonds. The maximum atomic E-state index is 6.09. The monoisotopic (exact) mass is 331 g/mol. The Hall–Kier alpha value is -0.130. The lowest BCUT2D eigenvalue weighted by molar-refractivity contribution is 0.114. The molecule has 1 fully saturated rings. The lowest BCUT2D eigenvalue weighted by atomic mass is 10.0. The molecule has 0 bridgehead atoms. The van der Waals surface area contributed by atoms with Gasteiger partial charge in [0, 0.05) is 48.3 Å². The lowest BCUT2D eigenvalue weighted by Gasteiger charge is -2.38. The van der Waals surface area contributed by atoms with E-state index in [4.69, 9.17) is 17.3 Å². The van der Waals surface area contributed by atoms with Crippen molar-refractivity contribution in [2.45, 2.75) is 6.04 Å². The highest BCUT2D eigenvalue weighted by atomic mass is 79.9. The Labute approximate surface area is 122 Å². The Balaban J connectivity index is 2.19. The van der Waals surface area contributed by atoms with Gasteiger partial charge in [-0.1, -0.05) is 27.5 Å². The molecule has 1 heterocycles. The van der Waals surface area contributed by atoms with Gasteiger partial charge in [-0.05, 0) is 30.8 Å². The minimum absolute atomic E-state index is 0.242. The third-order valence-electron chi connectivity index (χ3n) is 3.52. The maximum Gasteiger partial charge on any atom is 0.0483 e. The number of piperazine rings is 1. The van der Waals surface area contributed by atoms with Gasteiger partial charge in [0.25, 0.3) is 0 Å². The average molecular weight is 333 g/mol. The van der Waals surface area contributed by atoms with Crippen LogP contribution in [0.15, 0.2) is 22.7 Å². The van der Waals surface area contributed by atoms with E-state index in [1.807, 2.05) is 18.2 Å². The fourth-order valence-corrected chi connectivity index (χ4v) is 3.07. The molecule has 1 aliphatic rings. The zero-order chi connectivity index (χ0) is 13.1. The first-order chi connectivity index (χ1) is 8.61. The standard InChI is InChI=1S/C13H19BrClN3/c1-17-4-6-18(7-5-17)13(9-16)11-8-10(15)2-3-12(11)14/h2-3,8,13H,4-7,9,16H2,1H3. The summed E-state index contributed by atoms with van der Waals surface area (Å²) in [7, 11) is 2.16. The van der Waals surface area contributed by atoms with Gasteiger partial charge in [-0.2, -0.15) is 0 Å². The summed E-state index contributed by atoms with van der Waals surface area (Å²) in [6.07, 6.45) is 0. The molecule has 2 N–H and O–H groups in total. The number of benzene rings is 1. The zero-order valence-corrected chi connectivity index (χ0v) is 12.9. The number of nitrogens with zero attached hydrogens (tertiary/aromatic N) is 2. The Kier molecular flexibility index (Phi) is 5.04. The highest BCUT2D eigenvalue weighted by molar-refractivity contribution is 9.10. The largest absolute Gasteiger partial charge is 0.329 e. The van der Waals surface area contributed by atoms with Gasteiger partial charge in [0.15, 0.2) is 0 Å². The fraction of sp³-hybridized carbons (Fsp3) is 0.538. The van der Waals surface area contributed by atoms with Crippen LogP contribution in [0.4, 0.5) is 0 Å². The minimum atomic E-state index is 0.242. The number of nitrogens with two attached hydrogens (primary N) is 1. The molecule has 1 atom stereocenters. The minimum Gasteiger partial charge on any atom is -0.329 e. The number of likely N-dealkylation sites (N-methyl/N-ethyl adjacent to an activating group) is 1. The van der Waals surface area contributed by atoms with Crippen LogP contribution in [0.2, 0.25) is 5.02 Å². The molecule has 5 heteroatoms. The van der Waals surface area contributed by atoms with Crippen LogP contribution in [0.25, 0.3) is 0 Å². The van der Waals surface area contributed by atoms with Crippen molar-refractivity contribution in [1.82, 2.24) is 9.80 Å². The Morgan fingerprint density at radius 1 is 1.33 bits per heavy atom. The van der Waals surface area contributed by atoms with Crippen molar-refractivity contribution < 1.29 is 0 Å². The first-order valence-electron chi connectivity index (χ1n) is 6.19. The van der Waals surface area contributed by atoms with Crippen LogP contribution in [0.1, 0.15) is 11.6 Å². The van der Waals surface area contributed by atoms with E-state index in [2.05, 4.69) is 32.8 Å². The van der Waals surface area contributed by atoms with Gasteiger partial charge in [0.1, 0.15) is 0 Å². The van der Waals surface area contributed by atoms with Crippen molar-refractivity contribution in [3.8, 4) is 0 Å². The van der Waals surface area contributed by atoms with Crippen molar-refractivity contribution >= 4 is 27.5 Å². The summed E-state index contributed by atoms with van der Waals surface area (Å²) in [5.74, 6) is 0. The highest BCUT2D eigenvalue weighted by Crippen LogP contribution is 2.30. The smallest absolute Gasteiger partial charge is 0.0483 e. The molecular weight excluding hydrogens is 314 g/mol. The van der Waals surface area contributed by atoms with Crippen molar-refractivity contribution in [1.29, 1.82) is 0 Å². The van der Waals surface area contributed by atoms with Crippen LogP contribution >= 0.6 is 27.5 Å². The molecule has 0 aromatic heterocycles. The summed E-state index contributed by atoms with van der Waals surface area (Å²) >= 11 is 9.69. The summed E-state index contributed by atoms with van der Waals surface area (Å²) in [6.45, 7) is 4.90. The SMILES string of the molecule is CN1CCN(C(CN)c2cc(Cl)ccc2Br)CC1. The molecular formula is C13H19BrClN3. The molecule has 3 nitrogen and oxygen atoms in total.